The molecule has 0 bridgehead atoms. The molecule has 0 fully saturated rings. The van der Waals surface area contributed by atoms with E-state index in [0.29, 0.717) is 15.6 Å². The monoisotopic (exact) mass is 320 g/mol. The fourth-order valence-corrected chi connectivity index (χ4v) is 2.95. The van der Waals surface area contributed by atoms with Crippen LogP contribution in [0.2, 0.25) is 10.0 Å². The van der Waals surface area contributed by atoms with Crippen LogP contribution in [0.4, 0.5) is 11.4 Å². The van der Waals surface area contributed by atoms with E-state index < -0.39 is 0 Å². The van der Waals surface area contributed by atoms with Crippen molar-refractivity contribution in [3.8, 4) is 0 Å². The van der Waals surface area contributed by atoms with E-state index in [0.717, 1.165) is 30.8 Å². The first-order valence-corrected chi connectivity index (χ1v) is 7.52. The lowest BCUT2D eigenvalue weighted by molar-refractivity contribution is 0.102. The number of aryl methyl sites for hydroxylation is 1. The third-order valence-electron chi connectivity index (χ3n) is 3.43. The Balaban J connectivity index is 1.81. The molecule has 1 heterocycles. The van der Waals surface area contributed by atoms with Crippen LogP contribution in [-0.4, -0.2) is 12.5 Å². The summed E-state index contributed by atoms with van der Waals surface area (Å²) in [6, 6.07) is 10.7. The van der Waals surface area contributed by atoms with E-state index in [1.165, 1.54) is 5.56 Å². The molecule has 1 aliphatic rings. The molecule has 0 atom stereocenters. The first kappa shape index (κ1) is 14.2. The SMILES string of the molecule is O=C(Nc1ccc2c(c1)NCCC2)c1cc(Cl)cc(Cl)c1. The lowest BCUT2D eigenvalue weighted by Crippen LogP contribution is -2.14. The highest BCUT2D eigenvalue weighted by Gasteiger charge is 2.12. The molecule has 3 rings (SSSR count). The fraction of sp³-hybridized carbons (Fsp3) is 0.188. The summed E-state index contributed by atoms with van der Waals surface area (Å²) in [7, 11) is 0. The van der Waals surface area contributed by atoms with Crippen molar-refractivity contribution >= 4 is 40.5 Å². The van der Waals surface area contributed by atoms with Crippen LogP contribution in [0.3, 0.4) is 0 Å². The van der Waals surface area contributed by atoms with Gasteiger partial charge in [0.2, 0.25) is 0 Å². The summed E-state index contributed by atoms with van der Waals surface area (Å²) in [4.78, 5) is 12.2. The van der Waals surface area contributed by atoms with Crippen LogP contribution in [0.25, 0.3) is 0 Å². The van der Waals surface area contributed by atoms with Gasteiger partial charge in [-0.3, -0.25) is 4.79 Å². The lowest BCUT2D eigenvalue weighted by Gasteiger charge is -2.19. The molecule has 2 aromatic rings. The molecule has 0 saturated heterocycles. The summed E-state index contributed by atoms with van der Waals surface area (Å²) in [6.45, 7) is 0.967. The van der Waals surface area contributed by atoms with Gasteiger partial charge >= 0.3 is 0 Å². The second kappa shape index (κ2) is 5.96. The third kappa shape index (κ3) is 3.31. The quantitative estimate of drug-likeness (QED) is 0.848. The zero-order valence-corrected chi connectivity index (χ0v) is 12.8. The fourth-order valence-electron chi connectivity index (χ4n) is 2.43. The molecule has 0 saturated carbocycles. The van der Waals surface area contributed by atoms with Crippen molar-refractivity contribution in [3.05, 3.63) is 57.6 Å². The van der Waals surface area contributed by atoms with Gasteiger partial charge in [0.15, 0.2) is 0 Å². The maximum Gasteiger partial charge on any atom is 0.255 e. The van der Waals surface area contributed by atoms with Crippen molar-refractivity contribution in [3.63, 3.8) is 0 Å². The highest BCUT2D eigenvalue weighted by atomic mass is 35.5. The molecular formula is C16H14Cl2N2O. The molecule has 0 aliphatic carbocycles. The molecule has 0 unspecified atom stereocenters. The van der Waals surface area contributed by atoms with Crippen molar-refractivity contribution < 1.29 is 4.79 Å². The zero-order valence-electron chi connectivity index (χ0n) is 11.2. The van der Waals surface area contributed by atoms with Crippen LogP contribution in [0.15, 0.2) is 36.4 Å². The highest BCUT2D eigenvalue weighted by Crippen LogP contribution is 2.26. The number of carbonyl (C=O) groups excluding carboxylic acids is 1. The molecule has 2 N–H and O–H groups in total. The summed E-state index contributed by atoms with van der Waals surface area (Å²) in [5.74, 6) is -0.227. The van der Waals surface area contributed by atoms with E-state index in [-0.39, 0.29) is 5.91 Å². The Labute approximate surface area is 133 Å². The number of amides is 1. The minimum Gasteiger partial charge on any atom is -0.385 e. The standard InChI is InChI=1S/C16H14Cl2N2O/c17-12-6-11(7-13(18)8-12)16(21)20-14-4-3-10-2-1-5-19-15(10)9-14/h3-4,6-9,19H,1-2,5H2,(H,20,21). The van der Waals surface area contributed by atoms with Gasteiger partial charge in [0.25, 0.3) is 5.91 Å². The number of nitrogens with one attached hydrogen (secondary N) is 2. The van der Waals surface area contributed by atoms with Crippen molar-refractivity contribution in [1.29, 1.82) is 0 Å². The minimum atomic E-state index is -0.227. The van der Waals surface area contributed by atoms with E-state index in [9.17, 15) is 4.79 Å². The number of rotatable bonds is 2. The Morgan fingerprint density at radius 2 is 1.86 bits per heavy atom. The van der Waals surface area contributed by atoms with Crippen LogP contribution in [-0.2, 0) is 6.42 Å². The van der Waals surface area contributed by atoms with E-state index in [1.54, 1.807) is 18.2 Å². The van der Waals surface area contributed by atoms with Gasteiger partial charge < -0.3 is 10.6 Å². The number of carbonyl (C=O) groups is 1. The molecule has 1 amide bonds. The van der Waals surface area contributed by atoms with Gasteiger partial charge in [-0.15, -0.1) is 0 Å². The smallest absolute Gasteiger partial charge is 0.255 e. The molecular weight excluding hydrogens is 307 g/mol. The van der Waals surface area contributed by atoms with Crippen LogP contribution in [0.5, 0.6) is 0 Å². The van der Waals surface area contributed by atoms with Gasteiger partial charge in [0, 0.05) is 33.5 Å². The van der Waals surface area contributed by atoms with Crippen molar-refractivity contribution in [2.24, 2.45) is 0 Å². The molecule has 0 radical (unpaired) electrons. The highest BCUT2D eigenvalue weighted by molar-refractivity contribution is 6.35. The molecule has 1 aliphatic heterocycles. The molecule has 3 nitrogen and oxygen atoms in total. The molecule has 2 aromatic carbocycles. The van der Waals surface area contributed by atoms with Gasteiger partial charge in [0.1, 0.15) is 0 Å². The van der Waals surface area contributed by atoms with Crippen LogP contribution in [0.1, 0.15) is 22.3 Å². The van der Waals surface area contributed by atoms with E-state index >= 15 is 0 Å². The summed E-state index contributed by atoms with van der Waals surface area (Å²) in [6.07, 6.45) is 2.21. The summed E-state index contributed by atoms with van der Waals surface area (Å²) in [5.41, 5.74) is 3.57. The molecule has 108 valence electrons. The van der Waals surface area contributed by atoms with Gasteiger partial charge in [-0.25, -0.2) is 0 Å². The first-order valence-electron chi connectivity index (χ1n) is 6.76. The average molecular weight is 321 g/mol. The molecule has 21 heavy (non-hydrogen) atoms. The third-order valence-corrected chi connectivity index (χ3v) is 3.87. The Kier molecular flexibility index (Phi) is 4.04. The van der Waals surface area contributed by atoms with Crippen LogP contribution < -0.4 is 10.6 Å². The number of benzene rings is 2. The minimum absolute atomic E-state index is 0.227. The second-order valence-electron chi connectivity index (χ2n) is 5.01. The maximum absolute atomic E-state index is 12.2. The summed E-state index contributed by atoms with van der Waals surface area (Å²) >= 11 is 11.8. The zero-order chi connectivity index (χ0) is 14.8. The van der Waals surface area contributed by atoms with Crippen LogP contribution in [0, 0.1) is 0 Å². The predicted molar refractivity (Wildman–Crippen MR) is 87.7 cm³/mol. The summed E-state index contributed by atoms with van der Waals surface area (Å²) < 4.78 is 0. The van der Waals surface area contributed by atoms with Gasteiger partial charge in [-0.1, -0.05) is 29.3 Å². The van der Waals surface area contributed by atoms with Gasteiger partial charge in [-0.05, 0) is 48.7 Å². The first-order chi connectivity index (χ1) is 10.1. The van der Waals surface area contributed by atoms with Gasteiger partial charge in [-0.2, -0.15) is 0 Å². The number of anilines is 2. The number of fused-ring (bicyclic) bond motifs is 1. The van der Waals surface area contributed by atoms with Crippen molar-refractivity contribution in [2.75, 3.05) is 17.2 Å². The Hall–Kier alpha value is -1.71. The summed E-state index contributed by atoms with van der Waals surface area (Å²) in [5, 5.41) is 7.10. The van der Waals surface area contributed by atoms with Crippen LogP contribution >= 0.6 is 23.2 Å². The van der Waals surface area contributed by atoms with E-state index in [2.05, 4.69) is 10.6 Å². The van der Waals surface area contributed by atoms with E-state index in [1.807, 2.05) is 18.2 Å². The van der Waals surface area contributed by atoms with Gasteiger partial charge in [0.05, 0.1) is 0 Å². The van der Waals surface area contributed by atoms with E-state index in [4.69, 9.17) is 23.2 Å². The normalized spacial score (nSPS) is 13.2. The Morgan fingerprint density at radius 3 is 2.62 bits per heavy atom. The largest absolute Gasteiger partial charge is 0.385 e. The van der Waals surface area contributed by atoms with Crippen molar-refractivity contribution in [2.45, 2.75) is 12.8 Å². The predicted octanol–water partition coefficient (Wildman–Crippen LogP) is 4.60. The molecule has 0 aromatic heterocycles. The molecule has 5 heteroatoms. The lowest BCUT2D eigenvalue weighted by atomic mass is 10.0. The Morgan fingerprint density at radius 1 is 1.10 bits per heavy atom. The average Bonchev–Trinajstić information content (AvgIpc) is 2.46. The Bertz CT molecular complexity index is 680. The number of hydrogen-bond acceptors (Lipinski definition) is 2. The topological polar surface area (TPSA) is 41.1 Å². The number of hydrogen-bond donors (Lipinski definition) is 2. The molecule has 0 spiro atoms. The maximum atomic E-state index is 12.2. The van der Waals surface area contributed by atoms with Crippen molar-refractivity contribution in [1.82, 2.24) is 0 Å². The number of halogens is 2. The second-order valence-corrected chi connectivity index (χ2v) is 5.89.